The Bertz CT molecular complexity index is 527. The SMILES string of the molecule is NC(c1ccc(Cl)cc1)c1cc(Br)ccc1I. The third kappa shape index (κ3) is 3.22. The van der Waals surface area contributed by atoms with Crippen LogP contribution in [0.1, 0.15) is 17.2 Å². The van der Waals surface area contributed by atoms with Crippen molar-refractivity contribution in [2.45, 2.75) is 6.04 Å². The van der Waals surface area contributed by atoms with Crippen molar-refractivity contribution in [1.29, 1.82) is 0 Å². The highest BCUT2D eigenvalue weighted by molar-refractivity contribution is 14.1. The smallest absolute Gasteiger partial charge is 0.0562 e. The topological polar surface area (TPSA) is 26.0 Å². The third-order valence-electron chi connectivity index (χ3n) is 2.52. The molecule has 0 aliphatic rings. The van der Waals surface area contributed by atoms with Crippen molar-refractivity contribution in [3.05, 3.63) is 66.7 Å². The van der Waals surface area contributed by atoms with E-state index in [1.807, 2.05) is 30.3 Å². The van der Waals surface area contributed by atoms with Crippen LogP contribution in [0.5, 0.6) is 0 Å². The minimum Gasteiger partial charge on any atom is -0.320 e. The molecule has 2 N–H and O–H groups in total. The highest BCUT2D eigenvalue weighted by Crippen LogP contribution is 2.27. The van der Waals surface area contributed by atoms with Crippen LogP contribution >= 0.6 is 50.1 Å². The van der Waals surface area contributed by atoms with E-state index in [2.05, 4.69) is 50.7 Å². The van der Waals surface area contributed by atoms with Crippen LogP contribution in [0.25, 0.3) is 0 Å². The summed E-state index contributed by atoms with van der Waals surface area (Å²) < 4.78 is 2.20. The summed E-state index contributed by atoms with van der Waals surface area (Å²) in [6, 6.07) is 13.6. The molecule has 0 aromatic heterocycles. The van der Waals surface area contributed by atoms with Gasteiger partial charge in [0, 0.05) is 13.1 Å². The monoisotopic (exact) mass is 421 g/mol. The van der Waals surface area contributed by atoms with Gasteiger partial charge in [-0.05, 0) is 64.0 Å². The first-order chi connectivity index (χ1) is 8.08. The Hall–Kier alpha value is -0.100. The maximum absolute atomic E-state index is 6.27. The molecule has 0 bridgehead atoms. The first-order valence-electron chi connectivity index (χ1n) is 5.04. The van der Waals surface area contributed by atoms with Crippen LogP contribution in [0.3, 0.4) is 0 Å². The highest BCUT2D eigenvalue weighted by atomic mass is 127. The molecule has 0 radical (unpaired) electrons. The summed E-state index contributed by atoms with van der Waals surface area (Å²) in [5.41, 5.74) is 8.44. The molecular weight excluding hydrogens is 412 g/mol. The molecule has 2 aromatic carbocycles. The zero-order chi connectivity index (χ0) is 12.4. The van der Waals surface area contributed by atoms with Gasteiger partial charge >= 0.3 is 0 Å². The Morgan fingerprint density at radius 2 is 1.76 bits per heavy atom. The van der Waals surface area contributed by atoms with Gasteiger partial charge in [0.15, 0.2) is 0 Å². The van der Waals surface area contributed by atoms with E-state index in [1.54, 1.807) is 0 Å². The van der Waals surface area contributed by atoms with Gasteiger partial charge in [0.1, 0.15) is 0 Å². The first kappa shape index (κ1) is 13.3. The van der Waals surface area contributed by atoms with E-state index in [1.165, 1.54) is 0 Å². The Morgan fingerprint density at radius 1 is 1.12 bits per heavy atom. The molecule has 17 heavy (non-hydrogen) atoms. The maximum atomic E-state index is 6.27. The predicted molar refractivity (Wildman–Crippen MR) is 84.3 cm³/mol. The van der Waals surface area contributed by atoms with Crippen LogP contribution < -0.4 is 5.73 Å². The largest absolute Gasteiger partial charge is 0.320 e. The lowest BCUT2D eigenvalue weighted by Crippen LogP contribution is -2.13. The van der Waals surface area contributed by atoms with Crippen LogP contribution in [0.4, 0.5) is 0 Å². The second kappa shape index (κ2) is 5.69. The van der Waals surface area contributed by atoms with Crippen molar-refractivity contribution in [1.82, 2.24) is 0 Å². The van der Waals surface area contributed by atoms with Gasteiger partial charge in [-0.15, -0.1) is 0 Å². The lowest BCUT2D eigenvalue weighted by molar-refractivity contribution is 0.864. The van der Waals surface area contributed by atoms with Crippen LogP contribution in [0, 0.1) is 3.57 Å². The van der Waals surface area contributed by atoms with E-state index in [-0.39, 0.29) is 6.04 Å². The van der Waals surface area contributed by atoms with Crippen molar-refractivity contribution < 1.29 is 0 Å². The van der Waals surface area contributed by atoms with Crippen molar-refractivity contribution >= 4 is 50.1 Å². The third-order valence-corrected chi connectivity index (χ3v) is 4.25. The fourth-order valence-electron chi connectivity index (χ4n) is 1.60. The molecular formula is C13H10BrClIN. The van der Waals surface area contributed by atoms with Gasteiger partial charge in [0.2, 0.25) is 0 Å². The van der Waals surface area contributed by atoms with Crippen molar-refractivity contribution in [3.8, 4) is 0 Å². The van der Waals surface area contributed by atoms with E-state index in [4.69, 9.17) is 17.3 Å². The molecule has 88 valence electrons. The molecule has 1 unspecified atom stereocenters. The Kier molecular flexibility index (Phi) is 4.47. The van der Waals surface area contributed by atoms with E-state index in [9.17, 15) is 0 Å². The molecule has 0 spiro atoms. The number of hydrogen-bond donors (Lipinski definition) is 1. The second-order valence-corrected chi connectivity index (χ2v) is 6.21. The molecule has 0 aliphatic carbocycles. The standard InChI is InChI=1S/C13H10BrClIN/c14-9-3-6-12(16)11(7-9)13(17)8-1-4-10(15)5-2-8/h1-7,13H,17H2. The number of hydrogen-bond acceptors (Lipinski definition) is 1. The summed E-state index contributed by atoms with van der Waals surface area (Å²) in [4.78, 5) is 0. The van der Waals surface area contributed by atoms with E-state index < -0.39 is 0 Å². The second-order valence-electron chi connectivity index (χ2n) is 3.70. The van der Waals surface area contributed by atoms with Crippen molar-refractivity contribution in [2.24, 2.45) is 5.73 Å². The molecule has 1 atom stereocenters. The highest BCUT2D eigenvalue weighted by Gasteiger charge is 2.12. The van der Waals surface area contributed by atoms with Gasteiger partial charge in [-0.3, -0.25) is 0 Å². The lowest BCUT2D eigenvalue weighted by Gasteiger charge is -2.15. The predicted octanol–water partition coefficient (Wildman–Crippen LogP) is 4.76. The normalized spacial score (nSPS) is 12.5. The summed E-state index contributed by atoms with van der Waals surface area (Å²) in [6.45, 7) is 0. The molecule has 2 rings (SSSR count). The fraction of sp³-hybridized carbons (Fsp3) is 0.0769. The van der Waals surface area contributed by atoms with E-state index in [0.29, 0.717) is 0 Å². The van der Waals surface area contributed by atoms with Gasteiger partial charge in [-0.1, -0.05) is 39.7 Å². The molecule has 0 fully saturated rings. The van der Waals surface area contributed by atoms with Crippen LogP contribution in [-0.2, 0) is 0 Å². The Morgan fingerprint density at radius 3 is 2.41 bits per heavy atom. The number of benzene rings is 2. The molecule has 4 heteroatoms. The number of nitrogens with two attached hydrogens (primary N) is 1. The Balaban J connectivity index is 2.39. The van der Waals surface area contributed by atoms with Crippen LogP contribution in [0.2, 0.25) is 5.02 Å². The van der Waals surface area contributed by atoms with Crippen molar-refractivity contribution in [2.75, 3.05) is 0 Å². The van der Waals surface area contributed by atoms with Gasteiger partial charge in [0.25, 0.3) is 0 Å². The van der Waals surface area contributed by atoms with Gasteiger partial charge < -0.3 is 5.73 Å². The summed E-state index contributed by atoms with van der Waals surface area (Å²) in [5.74, 6) is 0. The molecule has 0 saturated carbocycles. The minimum atomic E-state index is -0.128. The molecule has 0 aliphatic heterocycles. The van der Waals surface area contributed by atoms with Gasteiger partial charge in [-0.2, -0.15) is 0 Å². The van der Waals surface area contributed by atoms with Crippen molar-refractivity contribution in [3.63, 3.8) is 0 Å². The van der Waals surface area contributed by atoms with Gasteiger partial charge in [-0.25, -0.2) is 0 Å². The minimum absolute atomic E-state index is 0.128. The zero-order valence-electron chi connectivity index (χ0n) is 8.83. The summed E-state index contributed by atoms with van der Waals surface area (Å²) >= 11 is 11.6. The number of halogens is 3. The van der Waals surface area contributed by atoms with E-state index >= 15 is 0 Å². The summed E-state index contributed by atoms with van der Waals surface area (Å²) in [6.07, 6.45) is 0. The molecule has 0 amide bonds. The molecule has 2 aromatic rings. The summed E-state index contributed by atoms with van der Waals surface area (Å²) in [5, 5.41) is 0.727. The lowest BCUT2D eigenvalue weighted by atomic mass is 10.00. The van der Waals surface area contributed by atoms with Crippen LogP contribution in [-0.4, -0.2) is 0 Å². The molecule has 1 nitrogen and oxygen atoms in total. The average Bonchev–Trinajstić information content (AvgIpc) is 2.32. The first-order valence-corrected chi connectivity index (χ1v) is 7.29. The van der Waals surface area contributed by atoms with Gasteiger partial charge in [0.05, 0.1) is 6.04 Å². The molecule has 0 heterocycles. The molecule has 0 saturated heterocycles. The fourth-order valence-corrected chi connectivity index (χ4v) is 2.78. The van der Waals surface area contributed by atoms with E-state index in [0.717, 1.165) is 24.2 Å². The Labute approximate surface area is 128 Å². The zero-order valence-corrected chi connectivity index (χ0v) is 13.3. The quantitative estimate of drug-likeness (QED) is 0.695. The number of rotatable bonds is 2. The van der Waals surface area contributed by atoms with Crippen LogP contribution in [0.15, 0.2) is 46.9 Å². The maximum Gasteiger partial charge on any atom is 0.0562 e. The summed E-state index contributed by atoms with van der Waals surface area (Å²) in [7, 11) is 0. The average molecular weight is 422 g/mol.